The SMILES string of the molecule is Cc1c(N)cccc1-c1nnnn1C1CCOC1. The zero-order valence-corrected chi connectivity index (χ0v) is 10.2. The predicted octanol–water partition coefficient (Wildman–Crippen LogP) is 1.19. The van der Waals surface area contributed by atoms with E-state index in [2.05, 4.69) is 15.5 Å². The van der Waals surface area contributed by atoms with Crippen molar-refractivity contribution in [3.05, 3.63) is 23.8 Å². The summed E-state index contributed by atoms with van der Waals surface area (Å²) in [5.74, 6) is 0.760. The molecule has 1 aliphatic rings. The first-order valence-electron chi connectivity index (χ1n) is 5.98. The van der Waals surface area contributed by atoms with Gasteiger partial charge in [0, 0.05) is 17.9 Å². The van der Waals surface area contributed by atoms with E-state index in [1.165, 1.54) is 0 Å². The largest absolute Gasteiger partial charge is 0.398 e. The lowest BCUT2D eigenvalue weighted by molar-refractivity contribution is 0.184. The number of tetrazole rings is 1. The number of nitrogens with two attached hydrogens (primary N) is 1. The lowest BCUT2D eigenvalue weighted by atomic mass is 10.1. The van der Waals surface area contributed by atoms with Crippen molar-refractivity contribution in [1.82, 2.24) is 20.2 Å². The smallest absolute Gasteiger partial charge is 0.182 e. The van der Waals surface area contributed by atoms with Gasteiger partial charge >= 0.3 is 0 Å². The van der Waals surface area contributed by atoms with Crippen LogP contribution >= 0.6 is 0 Å². The number of hydrogen-bond donors (Lipinski definition) is 1. The van der Waals surface area contributed by atoms with Gasteiger partial charge in [0.05, 0.1) is 12.6 Å². The van der Waals surface area contributed by atoms with E-state index < -0.39 is 0 Å². The minimum absolute atomic E-state index is 0.218. The van der Waals surface area contributed by atoms with Crippen LogP contribution in [0.15, 0.2) is 18.2 Å². The fourth-order valence-corrected chi connectivity index (χ4v) is 2.23. The molecule has 0 aliphatic carbocycles. The van der Waals surface area contributed by atoms with Gasteiger partial charge in [-0.2, -0.15) is 0 Å². The van der Waals surface area contributed by atoms with Crippen LogP contribution in [-0.4, -0.2) is 33.4 Å². The highest BCUT2D eigenvalue weighted by Crippen LogP contribution is 2.28. The summed E-state index contributed by atoms with van der Waals surface area (Å²) in [6, 6.07) is 6.01. The van der Waals surface area contributed by atoms with Gasteiger partial charge in [0.2, 0.25) is 0 Å². The molecule has 2 heterocycles. The Bertz CT molecular complexity index is 559. The Labute approximate surface area is 105 Å². The van der Waals surface area contributed by atoms with Crippen molar-refractivity contribution in [2.75, 3.05) is 18.9 Å². The van der Waals surface area contributed by atoms with Crippen molar-refractivity contribution >= 4 is 5.69 Å². The lowest BCUT2D eigenvalue weighted by Gasteiger charge is -2.12. The topological polar surface area (TPSA) is 78.9 Å². The maximum absolute atomic E-state index is 5.93. The number of rotatable bonds is 2. The third-order valence-corrected chi connectivity index (χ3v) is 3.36. The first-order chi connectivity index (χ1) is 8.77. The minimum atomic E-state index is 0.218. The Morgan fingerprint density at radius 2 is 2.33 bits per heavy atom. The highest BCUT2D eigenvalue weighted by atomic mass is 16.5. The minimum Gasteiger partial charge on any atom is -0.398 e. The molecule has 1 fully saturated rings. The van der Waals surface area contributed by atoms with Gasteiger partial charge in [-0.25, -0.2) is 4.68 Å². The molecular formula is C12H15N5O. The molecule has 1 atom stereocenters. The third kappa shape index (κ3) is 1.74. The van der Waals surface area contributed by atoms with E-state index in [-0.39, 0.29) is 6.04 Å². The number of benzene rings is 1. The van der Waals surface area contributed by atoms with Crippen molar-refractivity contribution in [1.29, 1.82) is 0 Å². The highest BCUT2D eigenvalue weighted by Gasteiger charge is 2.23. The molecule has 1 unspecified atom stereocenters. The summed E-state index contributed by atoms with van der Waals surface area (Å²) in [5.41, 5.74) is 8.67. The molecule has 3 rings (SSSR count). The van der Waals surface area contributed by atoms with Crippen LogP contribution in [0, 0.1) is 6.92 Å². The van der Waals surface area contributed by atoms with Crippen molar-refractivity contribution in [3.63, 3.8) is 0 Å². The quantitative estimate of drug-likeness (QED) is 0.804. The molecule has 1 aromatic heterocycles. The maximum Gasteiger partial charge on any atom is 0.182 e. The second-order valence-electron chi connectivity index (χ2n) is 4.48. The maximum atomic E-state index is 5.93. The number of nitrogens with zero attached hydrogens (tertiary/aromatic N) is 4. The summed E-state index contributed by atoms with van der Waals surface area (Å²) in [6.07, 6.45) is 0.944. The van der Waals surface area contributed by atoms with E-state index in [9.17, 15) is 0 Å². The highest BCUT2D eigenvalue weighted by molar-refractivity contribution is 5.67. The first kappa shape index (κ1) is 11.2. The fourth-order valence-electron chi connectivity index (χ4n) is 2.23. The van der Waals surface area contributed by atoms with E-state index in [0.29, 0.717) is 6.61 Å². The predicted molar refractivity (Wildman–Crippen MR) is 66.9 cm³/mol. The van der Waals surface area contributed by atoms with Crippen molar-refractivity contribution < 1.29 is 4.74 Å². The standard InChI is InChI=1S/C12H15N5O/c1-8-10(3-2-4-11(8)13)12-14-15-16-17(12)9-5-6-18-7-9/h2-4,9H,5-7,13H2,1H3. The van der Waals surface area contributed by atoms with Crippen LogP contribution in [0.4, 0.5) is 5.69 Å². The summed E-state index contributed by atoms with van der Waals surface area (Å²) in [4.78, 5) is 0. The van der Waals surface area contributed by atoms with Gasteiger partial charge < -0.3 is 10.5 Å². The fraction of sp³-hybridized carbons (Fsp3) is 0.417. The molecule has 94 valence electrons. The number of nitrogen functional groups attached to an aromatic ring is 1. The van der Waals surface area contributed by atoms with E-state index >= 15 is 0 Å². The van der Waals surface area contributed by atoms with Crippen LogP contribution in [0.1, 0.15) is 18.0 Å². The molecule has 6 heteroatoms. The van der Waals surface area contributed by atoms with Gasteiger partial charge in [0.1, 0.15) is 0 Å². The summed E-state index contributed by atoms with van der Waals surface area (Å²) in [6.45, 7) is 3.41. The summed E-state index contributed by atoms with van der Waals surface area (Å²) >= 11 is 0. The van der Waals surface area contributed by atoms with Gasteiger partial charge in [-0.15, -0.1) is 5.10 Å². The Balaban J connectivity index is 2.06. The van der Waals surface area contributed by atoms with Crippen LogP contribution in [0.5, 0.6) is 0 Å². The molecule has 18 heavy (non-hydrogen) atoms. The normalized spacial score (nSPS) is 19.3. The van der Waals surface area contributed by atoms with Crippen LogP contribution in [0.2, 0.25) is 0 Å². The molecule has 1 saturated heterocycles. The van der Waals surface area contributed by atoms with Crippen molar-refractivity contribution in [3.8, 4) is 11.4 Å². The van der Waals surface area contributed by atoms with Crippen LogP contribution in [0.25, 0.3) is 11.4 Å². The van der Waals surface area contributed by atoms with Gasteiger partial charge in [-0.1, -0.05) is 12.1 Å². The summed E-state index contributed by atoms with van der Waals surface area (Å²) in [7, 11) is 0. The van der Waals surface area contributed by atoms with E-state index in [1.807, 2.05) is 29.8 Å². The van der Waals surface area contributed by atoms with Gasteiger partial charge in [-0.3, -0.25) is 0 Å². The van der Waals surface area contributed by atoms with E-state index in [1.54, 1.807) is 0 Å². The molecule has 0 amide bonds. The molecule has 0 spiro atoms. The van der Waals surface area contributed by atoms with Crippen molar-refractivity contribution in [2.24, 2.45) is 0 Å². The monoisotopic (exact) mass is 245 g/mol. The van der Waals surface area contributed by atoms with Crippen LogP contribution < -0.4 is 5.73 Å². The molecule has 6 nitrogen and oxygen atoms in total. The number of anilines is 1. The van der Waals surface area contributed by atoms with Crippen molar-refractivity contribution in [2.45, 2.75) is 19.4 Å². The average Bonchev–Trinajstić information content (AvgIpc) is 3.01. The first-order valence-corrected chi connectivity index (χ1v) is 5.98. The van der Waals surface area contributed by atoms with E-state index in [4.69, 9.17) is 10.5 Å². The number of ether oxygens (including phenoxy) is 1. The Morgan fingerprint density at radius 3 is 3.11 bits per heavy atom. The van der Waals surface area contributed by atoms with Crippen LogP contribution in [-0.2, 0) is 4.74 Å². The zero-order chi connectivity index (χ0) is 12.5. The molecule has 0 radical (unpaired) electrons. The Morgan fingerprint density at radius 1 is 1.44 bits per heavy atom. The Hall–Kier alpha value is -1.95. The molecule has 1 aromatic carbocycles. The Kier molecular flexibility index (Phi) is 2.71. The summed E-state index contributed by atoms with van der Waals surface area (Å²) < 4.78 is 7.23. The second kappa shape index (κ2) is 4.38. The summed E-state index contributed by atoms with van der Waals surface area (Å²) in [5, 5.41) is 12.0. The third-order valence-electron chi connectivity index (χ3n) is 3.36. The average molecular weight is 245 g/mol. The van der Waals surface area contributed by atoms with Crippen LogP contribution in [0.3, 0.4) is 0 Å². The lowest BCUT2D eigenvalue weighted by Crippen LogP contribution is -2.12. The van der Waals surface area contributed by atoms with Gasteiger partial charge in [-0.05, 0) is 35.4 Å². The zero-order valence-electron chi connectivity index (χ0n) is 10.2. The molecule has 1 aliphatic heterocycles. The van der Waals surface area contributed by atoms with E-state index in [0.717, 1.165) is 35.7 Å². The molecule has 2 aromatic rings. The second-order valence-corrected chi connectivity index (χ2v) is 4.48. The molecule has 0 saturated carbocycles. The van der Waals surface area contributed by atoms with Gasteiger partial charge in [0.15, 0.2) is 5.82 Å². The molecule has 2 N–H and O–H groups in total. The number of hydrogen-bond acceptors (Lipinski definition) is 5. The van der Waals surface area contributed by atoms with Gasteiger partial charge in [0.25, 0.3) is 0 Å². The molecule has 0 bridgehead atoms. The molecular weight excluding hydrogens is 230 g/mol. The number of aromatic nitrogens is 4.